The van der Waals surface area contributed by atoms with E-state index in [0.29, 0.717) is 12.6 Å². The lowest BCUT2D eigenvalue weighted by Crippen LogP contribution is -2.44. The van der Waals surface area contributed by atoms with Gasteiger partial charge < -0.3 is 15.0 Å². The van der Waals surface area contributed by atoms with Gasteiger partial charge in [-0.3, -0.25) is 0 Å². The molecule has 5 heteroatoms. The van der Waals surface area contributed by atoms with E-state index in [4.69, 9.17) is 4.74 Å². The molecule has 1 aliphatic carbocycles. The summed E-state index contributed by atoms with van der Waals surface area (Å²) >= 11 is 1.91. The van der Waals surface area contributed by atoms with Gasteiger partial charge in [0.25, 0.3) is 0 Å². The maximum absolute atomic E-state index is 12.1. The maximum Gasteiger partial charge on any atom is 0.317 e. The number of benzene rings is 1. The zero-order valence-corrected chi connectivity index (χ0v) is 14.4. The summed E-state index contributed by atoms with van der Waals surface area (Å²) in [6.07, 6.45) is 6.63. The number of thioether (sulfide) groups is 1. The van der Waals surface area contributed by atoms with Gasteiger partial charge in [0.2, 0.25) is 0 Å². The minimum absolute atomic E-state index is 0.0489. The lowest BCUT2D eigenvalue weighted by Gasteiger charge is -2.26. The van der Waals surface area contributed by atoms with Crippen LogP contribution in [-0.4, -0.2) is 41.6 Å². The summed E-state index contributed by atoms with van der Waals surface area (Å²) in [7, 11) is 0. The van der Waals surface area contributed by atoms with Gasteiger partial charge >= 0.3 is 6.03 Å². The van der Waals surface area contributed by atoms with Gasteiger partial charge in [-0.25, -0.2) is 4.79 Å². The van der Waals surface area contributed by atoms with E-state index in [1.54, 1.807) is 0 Å². The van der Waals surface area contributed by atoms with Crippen molar-refractivity contribution in [1.82, 2.24) is 10.2 Å². The molecule has 1 heterocycles. The Morgan fingerprint density at radius 2 is 1.83 bits per heavy atom. The quantitative estimate of drug-likeness (QED) is 0.914. The van der Waals surface area contributed by atoms with Gasteiger partial charge in [-0.15, -0.1) is 0 Å². The molecule has 23 heavy (non-hydrogen) atoms. The van der Waals surface area contributed by atoms with Crippen LogP contribution in [0.2, 0.25) is 0 Å². The first-order valence-electron chi connectivity index (χ1n) is 8.67. The highest BCUT2D eigenvalue weighted by Crippen LogP contribution is 2.23. The largest absolute Gasteiger partial charge is 0.490 e. The van der Waals surface area contributed by atoms with Gasteiger partial charge in [-0.1, -0.05) is 18.6 Å². The molecule has 126 valence electrons. The average molecular weight is 334 g/mol. The minimum Gasteiger partial charge on any atom is -0.490 e. The molecule has 1 N–H and O–H groups in total. The molecule has 0 unspecified atom stereocenters. The SMILES string of the molecule is O=C(NCc1ccc(OC2CCCCC2)cc1)N1CCSCC1. The normalized spacial score (nSPS) is 19.4. The van der Waals surface area contributed by atoms with Crippen LogP contribution < -0.4 is 10.1 Å². The van der Waals surface area contributed by atoms with Gasteiger partial charge in [-0.05, 0) is 43.4 Å². The van der Waals surface area contributed by atoms with Crippen LogP contribution in [-0.2, 0) is 6.54 Å². The Kier molecular flexibility index (Phi) is 6.08. The van der Waals surface area contributed by atoms with E-state index >= 15 is 0 Å². The average Bonchev–Trinajstić information content (AvgIpc) is 2.62. The Hall–Kier alpha value is -1.36. The Labute approximate surface area is 143 Å². The number of nitrogens with zero attached hydrogens (tertiary/aromatic N) is 1. The molecule has 1 aromatic rings. The van der Waals surface area contributed by atoms with Crippen LogP contribution in [0.15, 0.2) is 24.3 Å². The smallest absolute Gasteiger partial charge is 0.317 e. The molecule has 2 fully saturated rings. The number of carbonyl (C=O) groups is 1. The molecule has 4 nitrogen and oxygen atoms in total. The molecule has 2 aliphatic rings. The topological polar surface area (TPSA) is 41.6 Å². The zero-order chi connectivity index (χ0) is 15.9. The van der Waals surface area contributed by atoms with Crippen LogP contribution in [0.4, 0.5) is 4.79 Å². The summed E-state index contributed by atoms with van der Waals surface area (Å²) in [6.45, 7) is 2.28. The van der Waals surface area contributed by atoms with Crippen molar-refractivity contribution >= 4 is 17.8 Å². The highest BCUT2D eigenvalue weighted by molar-refractivity contribution is 7.99. The lowest BCUT2D eigenvalue weighted by molar-refractivity contribution is 0.155. The second kappa shape index (κ2) is 8.48. The molecule has 0 bridgehead atoms. The molecule has 0 radical (unpaired) electrons. The molecular weight excluding hydrogens is 308 g/mol. The third-order valence-corrected chi connectivity index (χ3v) is 5.46. The van der Waals surface area contributed by atoms with Crippen LogP contribution in [0.25, 0.3) is 0 Å². The fourth-order valence-corrected chi connectivity index (χ4v) is 4.02. The molecular formula is C18H26N2O2S. The molecule has 1 aliphatic heterocycles. The number of carbonyl (C=O) groups excluding carboxylic acids is 1. The summed E-state index contributed by atoms with van der Waals surface area (Å²) in [5.74, 6) is 3.03. The molecule has 1 saturated carbocycles. The molecule has 1 aromatic carbocycles. The van der Waals surface area contributed by atoms with E-state index in [-0.39, 0.29) is 6.03 Å². The Morgan fingerprint density at radius 1 is 1.13 bits per heavy atom. The fourth-order valence-electron chi connectivity index (χ4n) is 3.12. The predicted molar refractivity (Wildman–Crippen MR) is 95.1 cm³/mol. The summed E-state index contributed by atoms with van der Waals surface area (Å²) in [4.78, 5) is 14.0. The van der Waals surface area contributed by atoms with Crippen LogP contribution in [0.1, 0.15) is 37.7 Å². The summed E-state index contributed by atoms with van der Waals surface area (Å²) < 4.78 is 6.03. The number of urea groups is 1. The second-order valence-corrected chi connectivity index (χ2v) is 7.50. The summed E-state index contributed by atoms with van der Waals surface area (Å²) in [5.41, 5.74) is 1.11. The van der Waals surface area contributed by atoms with Crippen molar-refractivity contribution < 1.29 is 9.53 Å². The van der Waals surface area contributed by atoms with Gasteiger partial charge in [-0.2, -0.15) is 11.8 Å². The van der Waals surface area contributed by atoms with E-state index < -0.39 is 0 Å². The van der Waals surface area contributed by atoms with Crippen LogP contribution in [0, 0.1) is 0 Å². The van der Waals surface area contributed by atoms with Crippen LogP contribution in [0.5, 0.6) is 5.75 Å². The number of nitrogens with one attached hydrogen (secondary N) is 1. The molecule has 2 amide bonds. The van der Waals surface area contributed by atoms with E-state index in [2.05, 4.69) is 5.32 Å². The number of ether oxygens (including phenoxy) is 1. The third kappa shape index (κ3) is 5.06. The van der Waals surface area contributed by atoms with Crippen molar-refractivity contribution in [1.29, 1.82) is 0 Å². The molecule has 0 atom stereocenters. The fraction of sp³-hybridized carbons (Fsp3) is 0.611. The van der Waals surface area contributed by atoms with Crippen LogP contribution >= 0.6 is 11.8 Å². The van der Waals surface area contributed by atoms with Gasteiger partial charge in [0.05, 0.1) is 6.10 Å². The standard InChI is InChI=1S/C18H26N2O2S/c21-18(20-10-12-23-13-11-20)19-14-15-6-8-17(9-7-15)22-16-4-2-1-3-5-16/h6-9,16H,1-5,10-14H2,(H,19,21). The number of rotatable bonds is 4. The number of hydrogen-bond acceptors (Lipinski definition) is 3. The monoisotopic (exact) mass is 334 g/mol. The van der Waals surface area contributed by atoms with Gasteiger partial charge in [0, 0.05) is 31.1 Å². The van der Waals surface area contributed by atoms with Crippen molar-refractivity contribution in [3.63, 3.8) is 0 Å². The van der Waals surface area contributed by atoms with Gasteiger partial charge in [0.1, 0.15) is 5.75 Å². The lowest BCUT2D eigenvalue weighted by atomic mass is 9.98. The Bertz CT molecular complexity index is 494. The number of amides is 2. The van der Waals surface area contributed by atoms with Crippen LogP contribution in [0.3, 0.4) is 0 Å². The summed E-state index contributed by atoms with van der Waals surface area (Å²) in [5, 5.41) is 3.01. The first-order valence-corrected chi connectivity index (χ1v) is 9.83. The second-order valence-electron chi connectivity index (χ2n) is 6.28. The number of hydrogen-bond donors (Lipinski definition) is 1. The van der Waals surface area contributed by atoms with E-state index in [1.165, 1.54) is 32.1 Å². The highest BCUT2D eigenvalue weighted by atomic mass is 32.2. The first kappa shape index (κ1) is 16.5. The third-order valence-electron chi connectivity index (χ3n) is 4.52. The zero-order valence-electron chi connectivity index (χ0n) is 13.6. The van der Waals surface area contributed by atoms with E-state index in [1.807, 2.05) is 40.9 Å². The van der Waals surface area contributed by atoms with Crippen molar-refractivity contribution in [3.8, 4) is 5.75 Å². The highest BCUT2D eigenvalue weighted by Gasteiger charge is 2.16. The molecule has 3 rings (SSSR count). The van der Waals surface area contributed by atoms with Crippen molar-refractivity contribution in [3.05, 3.63) is 29.8 Å². The predicted octanol–water partition coefficient (Wildman–Crippen LogP) is 3.66. The minimum atomic E-state index is 0.0489. The Morgan fingerprint density at radius 3 is 2.52 bits per heavy atom. The van der Waals surface area contributed by atoms with Crippen molar-refractivity contribution in [2.75, 3.05) is 24.6 Å². The first-order chi connectivity index (χ1) is 11.3. The van der Waals surface area contributed by atoms with E-state index in [9.17, 15) is 4.79 Å². The van der Waals surface area contributed by atoms with Gasteiger partial charge in [0.15, 0.2) is 0 Å². The maximum atomic E-state index is 12.1. The van der Waals surface area contributed by atoms with E-state index in [0.717, 1.165) is 35.9 Å². The van der Waals surface area contributed by atoms with Crippen molar-refractivity contribution in [2.45, 2.75) is 44.8 Å². The van der Waals surface area contributed by atoms with Crippen molar-refractivity contribution in [2.24, 2.45) is 0 Å². The summed E-state index contributed by atoms with van der Waals surface area (Å²) in [6, 6.07) is 8.18. The molecule has 1 saturated heterocycles. The molecule has 0 aromatic heterocycles. The molecule has 0 spiro atoms. The Balaban J connectivity index is 1.44.